The van der Waals surface area contributed by atoms with Gasteiger partial charge >= 0.3 is 0 Å². The fourth-order valence-corrected chi connectivity index (χ4v) is 1.25. The molecular formula is C13H15FO. The van der Waals surface area contributed by atoms with Gasteiger partial charge in [-0.3, -0.25) is 0 Å². The van der Waals surface area contributed by atoms with Crippen LogP contribution >= 0.6 is 0 Å². The van der Waals surface area contributed by atoms with Crippen LogP contribution in [0.2, 0.25) is 0 Å². The normalized spacial score (nSPS) is 11.5. The molecule has 1 aromatic carbocycles. The number of allylic oxidation sites excluding steroid dienone is 3. The molecule has 0 aliphatic rings. The standard InChI is InChI=1S/C13H15FO/c1-3-13(15)9-4-10(2)11-5-7-12(14)8-6-11/h3,5-8,15H,2,4,9H2,1H3/b13-3-. The molecule has 0 spiro atoms. The van der Waals surface area contributed by atoms with Gasteiger partial charge in [0.1, 0.15) is 5.82 Å². The monoisotopic (exact) mass is 206 g/mol. The van der Waals surface area contributed by atoms with Gasteiger partial charge in [-0.1, -0.05) is 18.7 Å². The van der Waals surface area contributed by atoms with Crippen molar-refractivity contribution in [3.05, 3.63) is 54.1 Å². The van der Waals surface area contributed by atoms with E-state index in [0.717, 1.165) is 11.1 Å². The minimum Gasteiger partial charge on any atom is -0.513 e. The highest BCUT2D eigenvalue weighted by Crippen LogP contribution is 2.19. The third-order valence-electron chi connectivity index (χ3n) is 2.27. The molecule has 1 N–H and O–H groups in total. The molecule has 1 aromatic rings. The first-order chi connectivity index (χ1) is 7.13. The van der Waals surface area contributed by atoms with Crippen molar-refractivity contribution >= 4 is 5.57 Å². The first-order valence-corrected chi connectivity index (χ1v) is 4.91. The Labute approximate surface area is 89.6 Å². The molecule has 0 atom stereocenters. The summed E-state index contributed by atoms with van der Waals surface area (Å²) in [5.41, 5.74) is 1.82. The second-order valence-electron chi connectivity index (χ2n) is 3.39. The molecule has 1 rings (SSSR count). The number of benzene rings is 1. The summed E-state index contributed by atoms with van der Waals surface area (Å²) in [4.78, 5) is 0. The number of hydrogen-bond acceptors (Lipinski definition) is 1. The highest BCUT2D eigenvalue weighted by atomic mass is 19.1. The Morgan fingerprint density at radius 2 is 1.93 bits per heavy atom. The van der Waals surface area contributed by atoms with Crippen LogP contribution in [0.1, 0.15) is 25.3 Å². The lowest BCUT2D eigenvalue weighted by Crippen LogP contribution is -1.86. The number of hydrogen-bond donors (Lipinski definition) is 1. The van der Waals surface area contributed by atoms with Crippen LogP contribution in [-0.2, 0) is 0 Å². The molecule has 0 bridgehead atoms. The molecule has 0 unspecified atom stereocenters. The van der Waals surface area contributed by atoms with Crippen molar-refractivity contribution in [3.63, 3.8) is 0 Å². The van der Waals surface area contributed by atoms with Gasteiger partial charge in [0, 0.05) is 6.42 Å². The third kappa shape index (κ3) is 3.58. The topological polar surface area (TPSA) is 20.2 Å². The van der Waals surface area contributed by atoms with Gasteiger partial charge in [0.25, 0.3) is 0 Å². The number of aliphatic hydroxyl groups is 1. The molecule has 0 saturated carbocycles. The molecule has 0 fully saturated rings. The van der Waals surface area contributed by atoms with Gasteiger partial charge < -0.3 is 5.11 Å². The Kier molecular flexibility index (Phi) is 4.10. The molecule has 0 radical (unpaired) electrons. The molecular weight excluding hydrogens is 191 g/mol. The average molecular weight is 206 g/mol. The maximum Gasteiger partial charge on any atom is 0.123 e. The highest BCUT2D eigenvalue weighted by molar-refractivity contribution is 5.63. The van der Waals surface area contributed by atoms with E-state index in [1.165, 1.54) is 12.1 Å². The summed E-state index contributed by atoms with van der Waals surface area (Å²) in [6.07, 6.45) is 2.92. The molecule has 0 heterocycles. The summed E-state index contributed by atoms with van der Waals surface area (Å²) in [7, 11) is 0. The fraction of sp³-hybridized carbons (Fsp3) is 0.231. The summed E-state index contributed by atoms with van der Waals surface area (Å²) in [6, 6.07) is 6.22. The van der Waals surface area contributed by atoms with Crippen LogP contribution in [0.4, 0.5) is 4.39 Å². The molecule has 0 aliphatic heterocycles. The van der Waals surface area contributed by atoms with E-state index in [2.05, 4.69) is 6.58 Å². The summed E-state index contributed by atoms with van der Waals surface area (Å²) in [5, 5.41) is 9.26. The predicted octanol–water partition coefficient (Wildman–Crippen LogP) is 4.08. The van der Waals surface area contributed by atoms with Crippen molar-refractivity contribution in [3.8, 4) is 0 Å². The zero-order chi connectivity index (χ0) is 11.3. The largest absolute Gasteiger partial charge is 0.513 e. The van der Waals surface area contributed by atoms with Crippen LogP contribution in [0.25, 0.3) is 5.57 Å². The Balaban J connectivity index is 2.58. The Morgan fingerprint density at radius 1 is 1.33 bits per heavy atom. The van der Waals surface area contributed by atoms with Gasteiger partial charge in [-0.2, -0.15) is 0 Å². The van der Waals surface area contributed by atoms with E-state index in [1.54, 1.807) is 25.1 Å². The van der Waals surface area contributed by atoms with Gasteiger partial charge in [-0.25, -0.2) is 4.39 Å². The zero-order valence-electron chi connectivity index (χ0n) is 8.83. The third-order valence-corrected chi connectivity index (χ3v) is 2.27. The summed E-state index contributed by atoms with van der Waals surface area (Å²) < 4.78 is 12.6. The lowest BCUT2D eigenvalue weighted by atomic mass is 10.0. The van der Waals surface area contributed by atoms with Crippen molar-refractivity contribution in [2.24, 2.45) is 0 Å². The van der Waals surface area contributed by atoms with Crippen LogP contribution in [0.5, 0.6) is 0 Å². The van der Waals surface area contributed by atoms with E-state index in [9.17, 15) is 9.50 Å². The molecule has 0 aliphatic carbocycles. The predicted molar refractivity (Wildman–Crippen MR) is 61.1 cm³/mol. The zero-order valence-corrected chi connectivity index (χ0v) is 8.83. The Bertz CT molecular complexity index is 363. The first kappa shape index (κ1) is 11.5. The van der Waals surface area contributed by atoms with Crippen LogP contribution in [0, 0.1) is 5.82 Å². The van der Waals surface area contributed by atoms with Gasteiger partial charge in [0.05, 0.1) is 5.76 Å². The highest BCUT2D eigenvalue weighted by Gasteiger charge is 2.00. The number of rotatable bonds is 4. The van der Waals surface area contributed by atoms with Crippen molar-refractivity contribution in [1.29, 1.82) is 0 Å². The average Bonchev–Trinajstić information content (AvgIpc) is 2.26. The first-order valence-electron chi connectivity index (χ1n) is 4.91. The van der Waals surface area contributed by atoms with E-state index >= 15 is 0 Å². The quantitative estimate of drug-likeness (QED) is 0.736. The van der Waals surface area contributed by atoms with E-state index in [4.69, 9.17) is 0 Å². The summed E-state index contributed by atoms with van der Waals surface area (Å²) in [6.45, 7) is 5.69. The Hall–Kier alpha value is -1.57. The Morgan fingerprint density at radius 3 is 2.47 bits per heavy atom. The smallest absolute Gasteiger partial charge is 0.123 e. The van der Waals surface area contributed by atoms with Crippen LogP contribution in [-0.4, -0.2) is 5.11 Å². The van der Waals surface area contributed by atoms with Crippen LogP contribution in [0.3, 0.4) is 0 Å². The van der Waals surface area contributed by atoms with Crippen molar-refractivity contribution in [1.82, 2.24) is 0 Å². The minimum atomic E-state index is -0.247. The molecule has 15 heavy (non-hydrogen) atoms. The van der Waals surface area contributed by atoms with Crippen molar-refractivity contribution in [2.75, 3.05) is 0 Å². The minimum absolute atomic E-state index is 0.247. The van der Waals surface area contributed by atoms with Gasteiger partial charge in [0.15, 0.2) is 0 Å². The molecule has 2 heteroatoms. The SMILES string of the molecule is C=C(CC/C(O)=C/C)c1ccc(F)cc1. The maximum absolute atomic E-state index is 12.6. The number of halogens is 1. The van der Waals surface area contributed by atoms with Crippen molar-refractivity contribution in [2.45, 2.75) is 19.8 Å². The molecule has 80 valence electrons. The van der Waals surface area contributed by atoms with E-state index < -0.39 is 0 Å². The lowest BCUT2D eigenvalue weighted by molar-refractivity contribution is 0.389. The molecule has 1 nitrogen and oxygen atoms in total. The van der Waals surface area contributed by atoms with Gasteiger partial charge in [-0.15, -0.1) is 0 Å². The molecule has 0 aromatic heterocycles. The lowest BCUT2D eigenvalue weighted by Gasteiger charge is -2.05. The van der Waals surface area contributed by atoms with E-state index in [1.807, 2.05) is 0 Å². The van der Waals surface area contributed by atoms with Crippen LogP contribution in [0.15, 0.2) is 42.7 Å². The number of aliphatic hydroxyl groups excluding tert-OH is 1. The van der Waals surface area contributed by atoms with E-state index in [0.29, 0.717) is 18.6 Å². The van der Waals surface area contributed by atoms with Gasteiger partial charge in [-0.05, 0) is 42.7 Å². The molecule has 0 amide bonds. The fourth-order valence-electron chi connectivity index (χ4n) is 1.25. The molecule has 0 saturated heterocycles. The second kappa shape index (κ2) is 5.35. The summed E-state index contributed by atoms with van der Waals surface area (Å²) >= 11 is 0. The van der Waals surface area contributed by atoms with Crippen molar-refractivity contribution < 1.29 is 9.50 Å². The van der Waals surface area contributed by atoms with Crippen LogP contribution < -0.4 is 0 Å². The van der Waals surface area contributed by atoms with E-state index in [-0.39, 0.29) is 5.82 Å². The maximum atomic E-state index is 12.6. The van der Waals surface area contributed by atoms with Gasteiger partial charge in [0.2, 0.25) is 0 Å². The second-order valence-corrected chi connectivity index (χ2v) is 3.39. The summed E-state index contributed by atoms with van der Waals surface area (Å²) in [5.74, 6) is 0.112.